The number of thioether (sulfide) groups is 1. The molecule has 0 radical (unpaired) electrons. The normalized spacial score (nSPS) is 16.3. The summed E-state index contributed by atoms with van der Waals surface area (Å²) in [6.45, 7) is 4.98. The Balaban J connectivity index is 0.756. The van der Waals surface area contributed by atoms with Crippen molar-refractivity contribution in [3.05, 3.63) is 123 Å². The first kappa shape index (κ1) is 48.0. The van der Waals surface area contributed by atoms with Crippen molar-refractivity contribution in [2.75, 3.05) is 23.6 Å². The zero-order valence-electron chi connectivity index (χ0n) is 37.0. The van der Waals surface area contributed by atoms with Crippen molar-refractivity contribution in [3.8, 4) is 11.1 Å². The van der Waals surface area contributed by atoms with Crippen molar-refractivity contribution in [3.63, 3.8) is 0 Å². The minimum absolute atomic E-state index is 0.0853. The lowest BCUT2D eigenvalue weighted by Crippen LogP contribution is -2.54. The summed E-state index contributed by atoms with van der Waals surface area (Å²) < 4.78 is 5.53. The first-order valence-electron chi connectivity index (χ1n) is 21.8. The number of nitrogens with zero attached hydrogens (tertiary/aromatic N) is 1. The van der Waals surface area contributed by atoms with E-state index in [4.69, 9.17) is 16.3 Å². The van der Waals surface area contributed by atoms with Gasteiger partial charge in [0, 0.05) is 41.7 Å². The number of piperidine rings is 1. The number of hydrogen-bond acceptors (Lipinski definition) is 10. The summed E-state index contributed by atoms with van der Waals surface area (Å²) in [6.07, 6.45) is 0.254. The van der Waals surface area contributed by atoms with E-state index in [1.165, 1.54) is 37.4 Å². The van der Waals surface area contributed by atoms with Gasteiger partial charge >= 0.3 is 12.1 Å². The van der Waals surface area contributed by atoms with E-state index in [9.17, 15) is 38.4 Å². The van der Waals surface area contributed by atoms with Gasteiger partial charge in [0.05, 0.1) is 5.88 Å². The SMILES string of the molecule is CC(NC(=O)OCC1c2ccccc2-c2ccccc21)C(=O)NC(C)C(=O)NC(C)C(=O)NCSCCc1ccc(NC(=O)NCc2ccc3c(c2)CN(C2CCC(=O)NC2=O)C3=O)cc1Cl. The molecule has 4 aromatic carbocycles. The lowest BCUT2D eigenvalue weighted by atomic mass is 9.98. The maximum absolute atomic E-state index is 13.0. The number of amides is 9. The Morgan fingerprint density at radius 3 is 2.12 bits per heavy atom. The van der Waals surface area contributed by atoms with Crippen LogP contribution >= 0.6 is 23.4 Å². The summed E-state index contributed by atoms with van der Waals surface area (Å²) in [7, 11) is 0. The summed E-state index contributed by atoms with van der Waals surface area (Å²) >= 11 is 7.98. The van der Waals surface area contributed by atoms with Crippen molar-refractivity contribution >= 4 is 76.6 Å². The Bertz CT molecular complexity index is 2570. The van der Waals surface area contributed by atoms with Gasteiger partial charge in [0.15, 0.2) is 0 Å². The van der Waals surface area contributed by atoms with E-state index in [-0.39, 0.29) is 56.1 Å². The van der Waals surface area contributed by atoms with Crippen molar-refractivity contribution in [1.29, 1.82) is 0 Å². The summed E-state index contributed by atoms with van der Waals surface area (Å²) in [4.78, 5) is 102. The van der Waals surface area contributed by atoms with Gasteiger partial charge in [0.25, 0.3) is 5.91 Å². The first-order valence-corrected chi connectivity index (χ1v) is 23.4. The maximum Gasteiger partial charge on any atom is 0.407 e. The predicted molar refractivity (Wildman–Crippen MR) is 252 cm³/mol. The number of urea groups is 1. The number of benzene rings is 4. The van der Waals surface area contributed by atoms with E-state index in [0.29, 0.717) is 28.4 Å². The molecule has 4 atom stereocenters. The second-order valence-electron chi connectivity index (χ2n) is 16.5. The van der Waals surface area contributed by atoms with Gasteiger partial charge in [-0.3, -0.25) is 34.1 Å². The number of imide groups is 1. The molecule has 0 saturated carbocycles. The van der Waals surface area contributed by atoms with Crippen LogP contribution in [0.25, 0.3) is 11.1 Å². The van der Waals surface area contributed by atoms with E-state index >= 15 is 0 Å². The van der Waals surface area contributed by atoms with Crippen LogP contribution in [0.4, 0.5) is 15.3 Å². The number of nitrogens with one attached hydrogen (secondary N) is 7. The predicted octanol–water partition coefficient (Wildman–Crippen LogP) is 4.71. The van der Waals surface area contributed by atoms with Crippen molar-refractivity contribution in [1.82, 2.24) is 36.8 Å². The Kier molecular flexibility index (Phi) is 15.5. The van der Waals surface area contributed by atoms with Gasteiger partial charge < -0.3 is 41.5 Å². The third-order valence-electron chi connectivity index (χ3n) is 11.8. The van der Waals surface area contributed by atoms with E-state index in [1.807, 2.05) is 54.6 Å². The maximum atomic E-state index is 13.0. The van der Waals surface area contributed by atoms with E-state index < -0.39 is 59.9 Å². The minimum atomic E-state index is -1.01. The Morgan fingerprint density at radius 2 is 1.45 bits per heavy atom. The standard InChI is InChI=1S/C48H51ClN8O9S/c1-26(52-43(60)27(2)53-44(61)28(3)54-48(65)66-24-38-36-10-6-4-8-34(36)35-9-5-7-11-37(35)38)42(59)51-25-67-19-18-30-13-14-32(21-39(30)49)55-47(64)50-22-29-12-15-33-31(20-29)23-57(46(33)63)40-16-17-41(58)56-45(40)62/h4-15,20-21,26-28,38,40H,16-19,22-25H2,1-3H3,(H,51,59)(H,52,60)(H,53,61)(H,54,65)(H2,50,55,64)(H,56,58,62). The fourth-order valence-electron chi connectivity index (χ4n) is 8.14. The molecule has 0 bridgehead atoms. The molecule has 1 fully saturated rings. The molecular weight excluding hydrogens is 900 g/mol. The van der Waals surface area contributed by atoms with Crippen LogP contribution in [-0.2, 0) is 48.2 Å². The van der Waals surface area contributed by atoms with E-state index in [0.717, 1.165) is 38.9 Å². The Hall–Kier alpha value is -6.92. The molecule has 350 valence electrons. The van der Waals surface area contributed by atoms with Gasteiger partial charge in [-0.15, -0.1) is 11.8 Å². The van der Waals surface area contributed by atoms with Crippen LogP contribution in [-0.4, -0.2) is 94.9 Å². The number of aryl methyl sites for hydroxylation is 1. The Labute approximate surface area is 396 Å². The molecule has 0 aromatic heterocycles. The first-order chi connectivity index (χ1) is 32.2. The molecule has 4 aromatic rings. The topological polar surface area (TPSA) is 233 Å². The third-order valence-corrected chi connectivity index (χ3v) is 13.0. The Morgan fingerprint density at radius 1 is 0.791 bits per heavy atom. The van der Waals surface area contributed by atoms with Crippen LogP contribution in [0, 0.1) is 0 Å². The van der Waals surface area contributed by atoms with Crippen LogP contribution in [0.15, 0.2) is 84.9 Å². The molecule has 2 heterocycles. The quantitative estimate of drug-likeness (QED) is 0.0438. The number of ether oxygens (including phenoxy) is 1. The largest absolute Gasteiger partial charge is 0.449 e. The summed E-state index contributed by atoms with van der Waals surface area (Å²) in [5.74, 6) is -1.96. The average Bonchev–Trinajstić information content (AvgIpc) is 3.81. The molecular formula is C48H51ClN8O9S. The summed E-state index contributed by atoms with van der Waals surface area (Å²) in [5.41, 5.74) is 7.62. The molecule has 3 aliphatic rings. The molecule has 1 saturated heterocycles. The molecule has 9 amide bonds. The number of anilines is 1. The molecule has 0 spiro atoms. The van der Waals surface area contributed by atoms with Gasteiger partial charge in [-0.1, -0.05) is 78.3 Å². The number of carbonyl (C=O) groups is 8. The minimum Gasteiger partial charge on any atom is -0.449 e. The highest BCUT2D eigenvalue weighted by Gasteiger charge is 2.39. The van der Waals surface area contributed by atoms with Crippen molar-refractivity contribution < 1.29 is 43.1 Å². The van der Waals surface area contributed by atoms with Gasteiger partial charge in [0.1, 0.15) is 30.8 Å². The second kappa shape index (κ2) is 21.6. The molecule has 1 aliphatic carbocycles. The number of hydrogen-bond donors (Lipinski definition) is 7. The van der Waals surface area contributed by atoms with Crippen molar-refractivity contribution in [2.45, 2.75) is 83.2 Å². The molecule has 17 nitrogen and oxygen atoms in total. The monoisotopic (exact) mass is 950 g/mol. The number of halogens is 1. The van der Waals surface area contributed by atoms with Gasteiger partial charge in [0.2, 0.25) is 29.5 Å². The molecule has 7 N–H and O–H groups in total. The number of fused-ring (bicyclic) bond motifs is 4. The van der Waals surface area contributed by atoms with Crippen molar-refractivity contribution in [2.24, 2.45) is 0 Å². The second-order valence-corrected chi connectivity index (χ2v) is 18.0. The fraction of sp³-hybridized carbons (Fsp3) is 0.333. The summed E-state index contributed by atoms with van der Waals surface area (Å²) in [5, 5.41) is 18.7. The van der Waals surface area contributed by atoms with Crippen LogP contribution in [0.2, 0.25) is 5.02 Å². The smallest absolute Gasteiger partial charge is 0.407 e. The lowest BCUT2D eigenvalue weighted by molar-refractivity contribution is -0.137. The molecule has 2 aliphatic heterocycles. The van der Waals surface area contributed by atoms with E-state index in [2.05, 4.69) is 37.2 Å². The summed E-state index contributed by atoms with van der Waals surface area (Å²) in [6, 6.07) is 22.3. The van der Waals surface area contributed by atoms with Crippen LogP contribution in [0.3, 0.4) is 0 Å². The lowest BCUT2D eigenvalue weighted by Gasteiger charge is -2.29. The molecule has 7 rings (SSSR count). The van der Waals surface area contributed by atoms with Gasteiger partial charge in [-0.25, -0.2) is 9.59 Å². The number of carbonyl (C=O) groups excluding carboxylic acids is 8. The van der Waals surface area contributed by atoms with Crippen LogP contribution < -0.4 is 37.2 Å². The highest BCUT2D eigenvalue weighted by molar-refractivity contribution is 7.99. The zero-order valence-corrected chi connectivity index (χ0v) is 38.6. The average molecular weight is 952 g/mol. The number of rotatable bonds is 17. The van der Waals surface area contributed by atoms with Crippen LogP contribution in [0.5, 0.6) is 0 Å². The highest BCUT2D eigenvalue weighted by Crippen LogP contribution is 2.44. The highest BCUT2D eigenvalue weighted by atomic mass is 35.5. The number of alkyl carbamates (subject to hydrolysis) is 1. The van der Waals surface area contributed by atoms with E-state index in [1.54, 1.807) is 30.3 Å². The fourth-order valence-corrected chi connectivity index (χ4v) is 9.17. The molecule has 4 unspecified atom stereocenters. The van der Waals surface area contributed by atoms with Gasteiger partial charge in [-0.2, -0.15) is 0 Å². The van der Waals surface area contributed by atoms with Gasteiger partial charge in [-0.05, 0) is 96.5 Å². The zero-order chi connectivity index (χ0) is 47.8. The molecule has 19 heteroatoms. The molecule has 67 heavy (non-hydrogen) atoms. The van der Waals surface area contributed by atoms with Crippen LogP contribution in [0.1, 0.15) is 77.7 Å². The third kappa shape index (κ3) is 11.7.